The zero-order valence-corrected chi connectivity index (χ0v) is 7.82. The lowest BCUT2D eigenvalue weighted by molar-refractivity contribution is 0.460. The summed E-state index contributed by atoms with van der Waals surface area (Å²) in [4.78, 5) is 0. The predicted octanol–water partition coefficient (Wildman–Crippen LogP) is 2.18. The van der Waals surface area contributed by atoms with E-state index in [0.29, 0.717) is 11.1 Å². The van der Waals surface area contributed by atoms with Crippen LogP contribution in [0.2, 0.25) is 5.22 Å². The van der Waals surface area contributed by atoms with Crippen molar-refractivity contribution in [1.82, 2.24) is 5.32 Å². The van der Waals surface area contributed by atoms with Crippen LogP contribution >= 0.6 is 11.6 Å². The van der Waals surface area contributed by atoms with Crippen LogP contribution in [0.1, 0.15) is 23.7 Å². The number of likely N-dealkylation sites (N-methyl/N-ethyl adjacent to an activating group) is 1. The highest BCUT2D eigenvalue weighted by atomic mass is 35.5. The third-order valence-corrected chi connectivity index (χ3v) is 2.58. The monoisotopic (exact) mass is 185 g/mol. The van der Waals surface area contributed by atoms with Crippen molar-refractivity contribution in [3.63, 3.8) is 0 Å². The highest BCUT2D eigenvalue weighted by Crippen LogP contribution is 2.36. The third-order valence-electron chi connectivity index (χ3n) is 2.40. The van der Waals surface area contributed by atoms with Crippen LogP contribution in [-0.2, 0) is 6.42 Å². The molecule has 1 heterocycles. The Balaban J connectivity index is 2.22. The van der Waals surface area contributed by atoms with Gasteiger partial charge in [-0.2, -0.15) is 0 Å². The van der Waals surface area contributed by atoms with Gasteiger partial charge >= 0.3 is 0 Å². The average molecular weight is 186 g/mol. The van der Waals surface area contributed by atoms with Crippen molar-refractivity contribution < 1.29 is 4.42 Å². The van der Waals surface area contributed by atoms with E-state index in [1.54, 1.807) is 0 Å². The van der Waals surface area contributed by atoms with E-state index in [4.69, 9.17) is 16.0 Å². The van der Waals surface area contributed by atoms with Crippen LogP contribution in [0.4, 0.5) is 0 Å². The van der Waals surface area contributed by atoms with Gasteiger partial charge in [0.1, 0.15) is 5.76 Å². The Kier molecular flexibility index (Phi) is 2.11. The zero-order chi connectivity index (χ0) is 8.55. The van der Waals surface area contributed by atoms with Gasteiger partial charge in [-0.15, -0.1) is 0 Å². The molecular weight excluding hydrogens is 174 g/mol. The molecule has 0 spiro atoms. The van der Waals surface area contributed by atoms with Gasteiger partial charge in [0.15, 0.2) is 5.22 Å². The molecule has 3 heteroatoms. The van der Waals surface area contributed by atoms with Gasteiger partial charge in [-0.3, -0.25) is 0 Å². The van der Waals surface area contributed by atoms with Gasteiger partial charge in [-0.25, -0.2) is 0 Å². The molecule has 1 N–H and O–H groups in total. The smallest absolute Gasteiger partial charge is 0.193 e. The fourth-order valence-electron chi connectivity index (χ4n) is 1.85. The molecule has 1 unspecified atom stereocenters. The minimum Gasteiger partial charge on any atom is -0.449 e. The molecule has 12 heavy (non-hydrogen) atoms. The van der Waals surface area contributed by atoms with E-state index in [1.165, 1.54) is 12.0 Å². The number of rotatable bonds is 2. The van der Waals surface area contributed by atoms with Gasteiger partial charge in [0.25, 0.3) is 0 Å². The Morgan fingerprint density at radius 2 is 2.58 bits per heavy atom. The van der Waals surface area contributed by atoms with Crippen LogP contribution in [0.25, 0.3) is 0 Å². The van der Waals surface area contributed by atoms with Gasteiger partial charge in [0.2, 0.25) is 0 Å². The highest BCUT2D eigenvalue weighted by molar-refractivity contribution is 6.28. The highest BCUT2D eigenvalue weighted by Gasteiger charge is 2.26. The molecule has 0 aliphatic heterocycles. The number of aryl methyl sites for hydroxylation is 1. The molecule has 1 atom stereocenters. The fraction of sp³-hybridized carbons (Fsp3) is 0.556. The maximum Gasteiger partial charge on any atom is 0.193 e. The SMILES string of the molecule is CNCC1CCc2cc(Cl)oc21. The summed E-state index contributed by atoms with van der Waals surface area (Å²) >= 11 is 5.76. The molecule has 2 nitrogen and oxygen atoms in total. The Morgan fingerprint density at radius 1 is 1.75 bits per heavy atom. The topological polar surface area (TPSA) is 25.2 Å². The van der Waals surface area contributed by atoms with Crippen LogP contribution in [0.5, 0.6) is 0 Å². The maximum atomic E-state index is 5.76. The summed E-state index contributed by atoms with van der Waals surface area (Å²) in [5, 5.41) is 3.69. The molecule has 0 radical (unpaired) electrons. The van der Waals surface area contributed by atoms with E-state index in [2.05, 4.69) is 5.32 Å². The second-order valence-electron chi connectivity index (χ2n) is 3.23. The molecular formula is C9H12ClNO. The van der Waals surface area contributed by atoms with Gasteiger partial charge in [0.05, 0.1) is 0 Å². The lowest BCUT2D eigenvalue weighted by Gasteiger charge is -2.06. The van der Waals surface area contributed by atoms with Crippen LogP contribution in [0.3, 0.4) is 0 Å². The first-order chi connectivity index (χ1) is 5.81. The molecule has 1 aromatic heterocycles. The number of hydrogen-bond donors (Lipinski definition) is 1. The standard InChI is InChI=1S/C9H12ClNO/c1-11-5-7-3-2-6-4-8(10)12-9(6)7/h4,7,11H,2-3,5H2,1H3. The summed E-state index contributed by atoms with van der Waals surface area (Å²) in [5.41, 5.74) is 1.29. The molecule has 0 saturated heterocycles. The van der Waals surface area contributed by atoms with Crippen molar-refractivity contribution in [2.45, 2.75) is 18.8 Å². The lowest BCUT2D eigenvalue weighted by Crippen LogP contribution is -2.14. The van der Waals surface area contributed by atoms with E-state index in [1.807, 2.05) is 13.1 Å². The van der Waals surface area contributed by atoms with Gasteiger partial charge < -0.3 is 9.73 Å². The van der Waals surface area contributed by atoms with E-state index in [0.717, 1.165) is 18.7 Å². The van der Waals surface area contributed by atoms with Crippen molar-refractivity contribution in [2.24, 2.45) is 0 Å². The van der Waals surface area contributed by atoms with E-state index in [9.17, 15) is 0 Å². The first-order valence-corrected chi connectivity index (χ1v) is 4.61. The molecule has 66 valence electrons. The average Bonchev–Trinajstić information content (AvgIpc) is 2.52. The normalized spacial score (nSPS) is 21.3. The van der Waals surface area contributed by atoms with Crippen molar-refractivity contribution >= 4 is 11.6 Å². The molecule has 0 fully saturated rings. The van der Waals surface area contributed by atoms with E-state index >= 15 is 0 Å². The summed E-state index contributed by atoms with van der Waals surface area (Å²) in [6.45, 7) is 0.983. The Labute approximate surface area is 76.9 Å². The molecule has 0 aromatic carbocycles. The van der Waals surface area contributed by atoms with Crippen molar-refractivity contribution in [3.05, 3.63) is 22.6 Å². The van der Waals surface area contributed by atoms with Gasteiger partial charge in [-0.1, -0.05) is 0 Å². The molecule has 1 aliphatic rings. The second kappa shape index (κ2) is 3.11. The minimum atomic E-state index is 0.525. The summed E-state index contributed by atoms with van der Waals surface area (Å²) < 4.78 is 5.42. The Morgan fingerprint density at radius 3 is 3.33 bits per heavy atom. The number of halogens is 1. The van der Waals surface area contributed by atoms with Gasteiger partial charge in [-0.05, 0) is 43.1 Å². The molecule has 1 aromatic rings. The Hall–Kier alpha value is -0.470. The maximum absolute atomic E-state index is 5.76. The third kappa shape index (κ3) is 1.25. The van der Waals surface area contributed by atoms with Crippen LogP contribution in [-0.4, -0.2) is 13.6 Å². The lowest BCUT2D eigenvalue weighted by atomic mass is 10.1. The summed E-state index contributed by atoms with van der Waals surface area (Å²) in [6.07, 6.45) is 2.30. The second-order valence-corrected chi connectivity index (χ2v) is 3.61. The molecule has 0 saturated carbocycles. The quantitative estimate of drug-likeness (QED) is 0.764. The number of nitrogens with one attached hydrogen (secondary N) is 1. The number of fused-ring (bicyclic) bond motifs is 1. The predicted molar refractivity (Wildman–Crippen MR) is 48.7 cm³/mol. The summed E-state index contributed by atoms with van der Waals surface area (Å²) in [6, 6.07) is 1.94. The first-order valence-electron chi connectivity index (χ1n) is 4.24. The first kappa shape index (κ1) is 8.14. The van der Waals surface area contributed by atoms with Gasteiger partial charge in [0, 0.05) is 12.5 Å². The molecule has 0 amide bonds. The molecule has 1 aliphatic carbocycles. The molecule has 2 rings (SSSR count). The van der Waals surface area contributed by atoms with Crippen molar-refractivity contribution in [3.8, 4) is 0 Å². The van der Waals surface area contributed by atoms with Crippen LogP contribution in [0, 0.1) is 0 Å². The number of hydrogen-bond acceptors (Lipinski definition) is 2. The van der Waals surface area contributed by atoms with Crippen molar-refractivity contribution in [2.75, 3.05) is 13.6 Å². The van der Waals surface area contributed by atoms with E-state index in [-0.39, 0.29) is 0 Å². The summed E-state index contributed by atoms with van der Waals surface area (Å²) in [5.74, 6) is 1.62. The largest absolute Gasteiger partial charge is 0.449 e. The Bertz CT molecular complexity index is 282. The van der Waals surface area contributed by atoms with Crippen LogP contribution < -0.4 is 5.32 Å². The fourth-order valence-corrected chi connectivity index (χ4v) is 2.07. The van der Waals surface area contributed by atoms with Crippen molar-refractivity contribution in [1.29, 1.82) is 0 Å². The zero-order valence-electron chi connectivity index (χ0n) is 7.06. The number of furan rings is 1. The van der Waals surface area contributed by atoms with E-state index < -0.39 is 0 Å². The van der Waals surface area contributed by atoms with Crippen LogP contribution in [0.15, 0.2) is 10.5 Å². The summed E-state index contributed by atoms with van der Waals surface area (Å²) in [7, 11) is 1.96. The molecule has 0 bridgehead atoms. The minimum absolute atomic E-state index is 0.525.